The Morgan fingerprint density at radius 2 is 1.72 bits per heavy atom. The molecule has 1 heterocycles. The van der Waals surface area contributed by atoms with Crippen LogP contribution in [-0.2, 0) is 17.5 Å². The number of rotatable bonds is 6. The predicted molar refractivity (Wildman–Crippen MR) is 108 cm³/mol. The molecule has 0 bridgehead atoms. The molecule has 2 aromatic rings. The van der Waals surface area contributed by atoms with Crippen LogP contribution >= 0.6 is 11.9 Å². The lowest BCUT2D eigenvalue weighted by atomic mass is 9.88. The zero-order valence-electron chi connectivity index (χ0n) is 16.9. The summed E-state index contributed by atoms with van der Waals surface area (Å²) in [5.74, 6) is -0.0302. The largest absolute Gasteiger partial charge is 0.455 e. The summed E-state index contributed by atoms with van der Waals surface area (Å²) in [5.41, 5.74) is 3.47. The Kier molecular flexibility index (Phi) is 6.79. The summed E-state index contributed by atoms with van der Waals surface area (Å²) in [6.07, 6.45) is -1.65. The lowest BCUT2D eigenvalue weighted by Gasteiger charge is -2.29. The fraction of sp³-hybridized carbons (Fsp3) is 0.500. The van der Waals surface area contributed by atoms with E-state index in [0.717, 1.165) is 34.9 Å². The number of aryl methyl sites for hydroxylation is 3. The van der Waals surface area contributed by atoms with E-state index >= 15 is 0 Å². The van der Waals surface area contributed by atoms with Crippen LogP contribution in [0.3, 0.4) is 0 Å². The van der Waals surface area contributed by atoms with Crippen molar-refractivity contribution in [2.45, 2.75) is 64.1 Å². The van der Waals surface area contributed by atoms with Gasteiger partial charge in [0.1, 0.15) is 11.5 Å². The number of furan rings is 1. The van der Waals surface area contributed by atoms with E-state index in [4.69, 9.17) is 4.42 Å². The van der Waals surface area contributed by atoms with E-state index < -0.39 is 11.9 Å². The van der Waals surface area contributed by atoms with E-state index in [1.807, 2.05) is 6.92 Å². The van der Waals surface area contributed by atoms with Gasteiger partial charge in [-0.3, -0.25) is 4.79 Å². The summed E-state index contributed by atoms with van der Waals surface area (Å²) >= 11 is 1.56. The van der Waals surface area contributed by atoms with Crippen molar-refractivity contribution in [3.63, 3.8) is 0 Å². The lowest BCUT2D eigenvalue weighted by molar-refractivity contribution is -0.153. The van der Waals surface area contributed by atoms with Gasteiger partial charge in [-0.05, 0) is 74.7 Å². The summed E-state index contributed by atoms with van der Waals surface area (Å²) < 4.78 is 45.8. The van der Waals surface area contributed by atoms with Gasteiger partial charge in [-0.25, -0.2) is 4.31 Å². The van der Waals surface area contributed by atoms with Crippen LogP contribution in [-0.4, -0.2) is 16.6 Å². The molecule has 0 spiro atoms. The number of ketones is 1. The van der Waals surface area contributed by atoms with E-state index in [2.05, 4.69) is 30.3 Å². The molecule has 1 fully saturated rings. The Bertz CT molecular complexity index is 842. The number of nitrogens with zero attached hydrogens (tertiary/aromatic N) is 1. The van der Waals surface area contributed by atoms with Gasteiger partial charge in [-0.1, -0.05) is 17.7 Å². The Morgan fingerprint density at radius 3 is 2.28 bits per heavy atom. The molecule has 1 aromatic carbocycles. The number of halogens is 3. The van der Waals surface area contributed by atoms with Gasteiger partial charge in [0.2, 0.25) is 5.76 Å². The van der Waals surface area contributed by atoms with Crippen LogP contribution in [0.5, 0.6) is 0 Å². The first-order chi connectivity index (χ1) is 13.6. The third-order valence-corrected chi connectivity index (χ3v) is 6.59. The SMILES string of the molecule is Cc1cc(C)c(SN(Cc2ccc(C(F)(F)F)o2)CC2CCC(=O)CC2)c(C)c1. The van der Waals surface area contributed by atoms with Crippen LogP contribution in [0, 0.1) is 26.7 Å². The van der Waals surface area contributed by atoms with Gasteiger partial charge in [-0.15, -0.1) is 0 Å². The summed E-state index contributed by atoms with van der Waals surface area (Å²) in [6.45, 7) is 7.13. The van der Waals surface area contributed by atoms with Gasteiger partial charge in [0.25, 0.3) is 0 Å². The molecule has 0 unspecified atom stereocenters. The fourth-order valence-corrected chi connectivity index (χ4v) is 4.97. The van der Waals surface area contributed by atoms with E-state index in [0.29, 0.717) is 36.8 Å². The monoisotopic (exact) mass is 425 g/mol. The zero-order chi connectivity index (χ0) is 21.2. The average Bonchev–Trinajstić information content (AvgIpc) is 3.09. The molecule has 1 saturated carbocycles. The first-order valence-electron chi connectivity index (χ1n) is 9.80. The minimum atomic E-state index is -4.48. The van der Waals surface area contributed by atoms with Crippen LogP contribution in [0.15, 0.2) is 33.6 Å². The van der Waals surface area contributed by atoms with Crippen molar-refractivity contribution in [3.05, 3.63) is 52.5 Å². The molecule has 1 aliphatic rings. The van der Waals surface area contributed by atoms with Crippen LogP contribution in [0.4, 0.5) is 13.2 Å². The van der Waals surface area contributed by atoms with E-state index in [9.17, 15) is 18.0 Å². The standard InChI is InChI=1S/C22H26F3NO2S/c1-14-10-15(2)21(16(3)11-14)29-26(12-17-4-6-18(27)7-5-17)13-19-8-9-20(28-19)22(23,24)25/h8-11,17H,4-7,12-13H2,1-3H3. The second-order valence-electron chi connectivity index (χ2n) is 7.89. The third kappa shape index (κ3) is 5.89. The highest BCUT2D eigenvalue weighted by Crippen LogP contribution is 2.36. The Morgan fingerprint density at radius 1 is 1.10 bits per heavy atom. The second-order valence-corrected chi connectivity index (χ2v) is 8.99. The first-order valence-corrected chi connectivity index (χ1v) is 10.6. The molecule has 0 radical (unpaired) electrons. The molecule has 0 saturated heterocycles. The molecule has 158 valence electrons. The maximum Gasteiger partial charge on any atom is 0.449 e. The van der Waals surface area contributed by atoms with Crippen LogP contribution in [0.2, 0.25) is 0 Å². The Hall–Kier alpha value is -1.73. The molecule has 1 aromatic heterocycles. The number of benzene rings is 1. The molecule has 3 rings (SSSR count). The zero-order valence-corrected chi connectivity index (χ0v) is 17.8. The number of carbonyl (C=O) groups is 1. The van der Waals surface area contributed by atoms with Gasteiger partial charge < -0.3 is 4.42 Å². The minimum absolute atomic E-state index is 0.276. The average molecular weight is 426 g/mol. The summed E-state index contributed by atoms with van der Waals surface area (Å²) in [6, 6.07) is 6.61. The van der Waals surface area contributed by atoms with E-state index in [1.165, 1.54) is 11.6 Å². The smallest absolute Gasteiger partial charge is 0.449 e. The van der Waals surface area contributed by atoms with Gasteiger partial charge in [0, 0.05) is 24.3 Å². The van der Waals surface area contributed by atoms with E-state index in [1.54, 1.807) is 11.9 Å². The van der Waals surface area contributed by atoms with E-state index in [-0.39, 0.29) is 6.54 Å². The quantitative estimate of drug-likeness (QED) is 0.495. The van der Waals surface area contributed by atoms with Crippen LogP contribution in [0.25, 0.3) is 0 Å². The third-order valence-electron chi connectivity index (χ3n) is 5.22. The highest BCUT2D eigenvalue weighted by molar-refractivity contribution is 7.97. The van der Waals surface area contributed by atoms with Crippen molar-refractivity contribution < 1.29 is 22.4 Å². The molecule has 29 heavy (non-hydrogen) atoms. The highest BCUT2D eigenvalue weighted by atomic mass is 32.2. The maximum absolute atomic E-state index is 12.9. The number of hydrogen-bond acceptors (Lipinski definition) is 4. The first kappa shape index (κ1) is 22.0. The molecule has 0 aliphatic heterocycles. The number of alkyl halides is 3. The molecule has 0 atom stereocenters. The number of carbonyl (C=O) groups excluding carboxylic acids is 1. The number of hydrogen-bond donors (Lipinski definition) is 0. The van der Waals surface area contributed by atoms with Crippen molar-refractivity contribution >= 4 is 17.7 Å². The minimum Gasteiger partial charge on any atom is -0.455 e. The summed E-state index contributed by atoms with van der Waals surface area (Å²) in [4.78, 5) is 12.7. The molecule has 0 N–H and O–H groups in total. The van der Waals surface area contributed by atoms with Crippen molar-refractivity contribution in [1.29, 1.82) is 0 Å². The van der Waals surface area contributed by atoms with Crippen molar-refractivity contribution in [3.8, 4) is 0 Å². The Balaban J connectivity index is 1.79. The van der Waals surface area contributed by atoms with Gasteiger partial charge in [-0.2, -0.15) is 13.2 Å². The molecular weight excluding hydrogens is 399 g/mol. The molecule has 7 heteroatoms. The van der Waals surface area contributed by atoms with Crippen LogP contribution < -0.4 is 0 Å². The number of Topliss-reactive ketones (excluding diaryl/α,β-unsaturated/α-hetero) is 1. The molecule has 3 nitrogen and oxygen atoms in total. The van der Waals surface area contributed by atoms with Crippen molar-refractivity contribution in [2.75, 3.05) is 6.54 Å². The second kappa shape index (κ2) is 8.96. The topological polar surface area (TPSA) is 33.5 Å². The Labute approximate surface area is 173 Å². The molecule has 0 amide bonds. The van der Waals surface area contributed by atoms with Gasteiger partial charge >= 0.3 is 6.18 Å². The summed E-state index contributed by atoms with van der Waals surface area (Å²) in [5, 5.41) is 0. The van der Waals surface area contributed by atoms with Crippen LogP contribution in [0.1, 0.15) is 53.9 Å². The fourth-order valence-electron chi connectivity index (χ4n) is 3.83. The predicted octanol–water partition coefficient (Wildman–Crippen LogP) is 6.49. The maximum atomic E-state index is 12.9. The van der Waals surface area contributed by atoms with Crippen molar-refractivity contribution in [1.82, 2.24) is 4.31 Å². The highest BCUT2D eigenvalue weighted by Gasteiger charge is 2.35. The normalized spacial score (nSPS) is 16.0. The summed E-state index contributed by atoms with van der Waals surface area (Å²) in [7, 11) is 0. The van der Waals surface area contributed by atoms with Crippen molar-refractivity contribution in [2.24, 2.45) is 5.92 Å². The lowest BCUT2D eigenvalue weighted by Crippen LogP contribution is -2.27. The molecular formula is C22H26F3NO2S. The van der Waals surface area contributed by atoms with Gasteiger partial charge in [0.05, 0.1) is 6.54 Å². The van der Waals surface area contributed by atoms with Gasteiger partial charge in [0.15, 0.2) is 0 Å². The molecule has 1 aliphatic carbocycles.